The Morgan fingerprint density at radius 3 is 2.42 bits per heavy atom. The Morgan fingerprint density at radius 2 is 1.92 bits per heavy atom. The first kappa shape index (κ1) is 8.24. The van der Waals surface area contributed by atoms with Gasteiger partial charge >= 0.3 is 0 Å². The molecule has 2 aliphatic carbocycles. The highest BCUT2D eigenvalue weighted by Crippen LogP contribution is 2.65. The summed E-state index contributed by atoms with van der Waals surface area (Å²) in [4.78, 5) is 11.4. The van der Waals surface area contributed by atoms with E-state index < -0.39 is 5.60 Å². The van der Waals surface area contributed by atoms with Crippen molar-refractivity contribution in [1.82, 2.24) is 0 Å². The number of carbonyl (C=O) groups is 1. The van der Waals surface area contributed by atoms with E-state index in [4.69, 9.17) is 0 Å². The molecule has 0 aromatic rings. The molecule has 2 heteroatoms. The number of aliphatic hydroxyl groups is 1. The highest BCUT2D eigenvalue weighted by molar-refractivity contribution is 5.88. The van der Waals surface area contributed by atoms with Gasteiger partial charge in [-0.15, -0.1) is 0 Å². The zero-order chi connectivity index (χ0) is 9.15. The molecular formula is C10H16O2. The minimum Gasteiger partial charge on any atom is -0.382 e. The summed E-state index contributed by atoms with van der Waals surface area (Å²) < 4.78 is 0. The number of Topliss-reactive ketones (excluding diaryl/α,β-unsaturated/α-hetero) is 1. The van der Waals surface area contributed by atoms with Crippen LogP contribution in [0.25, 0.3) is 0 Å². The van der Waals surface area contributed by atoms with Crippen LogP contribution in [0.3, 0.4) is 0 Å². The predicted molar refractivity (Wildman–Crippen MR) is 45.6 cm³/mol. The summed E-state index contributed by atoms with van der Waals surface area (Å²) >= 11 is 0. The number of ketones is 1. The average molecular weight is 168 g/mol. The molecule has 2 unspecified atom stereocenters. The molecule has 0 bridgehead atoms. The van der Waals surface area contributed by atoms with Gasteiger partial charge < -0.3 is 5.11 Å². The van der Waals surface area contributed by atoms with E-state index in [-0.39, 0.29) is 5.78 Å². The van der Waals surface area contributed by atoms with E-state index in [9.17, 15) is 9.90 Å². The van der Waals surface area contributed by atoms with E-state index in [0.29, 0.717) is 30.1 Å². The molecule has 1 N–H and O–H groups in total. The molecule has 3 atom stereocenters. The second kappa shape index (κ2) is 1.92. The van der Waals surface area contributed by atoms with Gasteiger partial charge in [-0.3, -0.25) is 4.79 Å². The molecule has 12 heavy (non-hydrogen) atoms. The summed E-state index contributed by atoms with van der Waals surface area (Å²) in [6.45, 7) is 6.04. The van der Waals surface area contributed by atoms with Crippen molar-refractivity contribution in [2.45, 2.75) is 39.2 Å². The van der Waals surface area contributed by atoms with Crippen LogP contribution in [0.15, 0.2) is 0 Å². The molecule has 0 spiro atoms. The van der Waals surface area contributed by atoms with Crippen molar-refractivity contribution in [2.24, 2.45) is 17.3 Å². The highest BCUT2D eigenvalue weighted by atomic mass is 16.3. The minimum atomic E-state index is -1.03. The molecule has 0 aliphatic heterocycles. The minimum absolute atomic E-state index is 0.0364. The van der Waals surface area contributed by atoms with E-state index in [1.54, 1.807) is 6.92 Å². The van der Waals surface area contributed by atoms with Crippen molar-refractivity contribution in [3.63, 3.8) is 0 Å². The molecule has 2 rings (SSSR count). The molecule has 2 aliphatic rings. The maximum absolute atomic E-state index is 11.4. The van der Waals surface area contributed by atoms with E-state index in [1.807, 2.05) is 0 Å². The number of hydrogen-bond acceptors (Lipinski definition) is 2. The van der Waals surface area contributed by atoms with Gasteiger partial charge in [0.05, 0.1) is 0 Å². The zero-order valence-corrected chi connectivity index (χ0v) is 7.92. The Labute approximate surface area is 73.0 Å². The summed E-state index contributed by atoms with van der Waals surface area (Å²) in [6, 6.07) is 0. The maximum Gasteiger partial charge on any atom is 0.164 e. The quantitative estimate of drug-likeness (QED) is 0.593. The lowest BCUT2D eigenvalue weighted by Crippen LogP contribution is -2.38. The Balaban J connectivity index is 2.19. The Hall–Kier alpha value is -0.370. The van der Waals surface area contributed by atoms with Gasteiger partial charge in [-0.05, 0) is 30.6 Å². The van der Waals surface area contributed by atoms with Crippen molar-refractivity contribution in [2.75, 3.05) is 0 Å². The van der Waals surface area contributed by atoms with Gasteiger partial charge in [-0.1, -0.05) is 13.8 Å². The molecule has 0 aromatic carbocycles. The normalized spacial score (nSPS) is 50.2. The van der Waals surface area contributed by atoms with Gasteiger partial charge in [0.1, 0.15) is 5.60 Å². The first-order chi connectivity index (χ1) is 5.36. The lowest BCUT2D eigenvalue weighted by atomic mass is 9.85. The second-order valence-corrected chi connectivity index (χ2v) is 5.14. The topological polar surface area (TPSA) is 37.3 Å². The van der Waals surface area contributed by atoms with Crippen LogP contribution >= 0.6 is 0 Å². The molecule has 0 aromatic heterocycles. The molecule has 2 saturated carbocycles. The van der Waals surface area contributed by atoms with Gasteiger partial charge in [0.25, 0.3) is 0 Å². The van der Waals surface area contributed by atoms with E-state index in [2.05, 4.69) is 13.8 Å². The molecular weight excluding hydrogens is 152 g/mol. The summed E-state index contributed by atoms with van der Waals surface area (Å²) in [6.07, 6.45) is 1.26. The Kier molecular flexibility index (Phi) is 1.32. The Morgan fingerprint density at radius 1 is 1.33 bits per heavy atom. The molecule has 2 fully saturated rings. The van der Waals surface area contributed by atoms with Crippen LogP contribution in [0.4, 0.5) is 0 Å². The number of rotatable bonds is 0. The van der Waals surface area contributed by atoms with Gasteiger partial charge in [0.2, 0.25) is 0 Å². The van der Waals surface area contributed by atoms with Crippen LogP contribution in [0, 0.1) is 17.3 Å². The van der Waals surface area contributed by atoms with Crippen molar-refractivity contribution >= 4 is 5.78 Å². The second-order valence-electron chi connectivity index (χ2n) is 5.14. The molecule has 0 amide bonds. The fourth-order valence-corrected chi connectivity index (χ4v) is 2.63. The average Bonchev–Trinajstić information content (AvgIpc) is 2.37. The lowest BCUT2D eigenvalue weighted by molar-refractivity contribution is -0.139. The van der Waals surface area contributed by atoms with Crippen molar-refractivity contribution in [3.05, 3.63) is 0 Å². The number of hydrogen-bond donors (Lipinski definition) is 1. The van der Waals surface area contributed by atoms with Crippen LogP contribution in [0.1, 0.15) is 33.6 Å². The van der Waals surface area contributed by atoms with Crippen molar-refractivity contribution < 1.29 is 9.90 Å². The van der Waals surface area contributed by atoms with Crippen molar-refractivity contribution in [3.8, 4) is 0 Å². The maximum atomic E-state index is 11.4. The SMILES string of the molecule is CC1(C)C2CC(=O)[C@](C)(O)CC21. The van der Waals surface area contributed by atoms with E-state index in [1.165, 1.54) is 0 Å². The largest absolute Gasteiger partial charge is 0.382 e. The first-order valence-electron chi connectivity index (χ1n) is 4.61. The standard InChI is InChI=1S/C10H16O2/c1-9(2)6-4-8(11)10(3,12)5-7(6)9/h6-7,12H,4-5H2,1-3H3/t6?,7?,10-/m1/s1. The van der Waals surface area contributed by atoms with Gasteiger partial charge in [-0.2, -0.15) is 0 Å². The Bertz CT molecular complexity index is 240. The summed E-state index contributed by atoms with van der Waals surface area (Å²) in [5.41, 5.74) is -0.731. The monoisotopic (exact) mass is 168 g/mol. The van der Waals surface area contributed by atoms with Crippen LogP contribution in [0.2, 0.25) is 0 Å². The van der Waals surface area contributed by atoms with Crippen LogP contribution in [-0.2, 0) is 4.79 Å². The molecule has 2 nitrogen and oxygen atoms in total. The van der Waals surface area contributed by atoms with Gasteiger partial charge in [-0.25, -0.2) is 0 Å². The number of carbonyl (C=O) groups excluding carboxylic acids is 1. The van der Waals surface area contributed by atoms with Crippen LogP contribution in [-0.4, -0.2) is 16.5 Å². The third kappa shape index (κ3) is 0.875. The molecule has 68 valence electrons. The predicted octanol–water partition coefficient (Wildman–Crippen LogP) is 1.37. The smallest absolute Gasteiger partial charge is 0.164 e. The fourth-order valence-electron chi connectivity index (χ4n) is 2.63. The van der Waals surface area contributed by atoms with Gasteiger partial charge in [0.15, 0.2) is 5.78 Å². The summed E-state index contributed by atoms with van der Waals surface area (Å²) in [5, 5.41) is 9.72. The number of fused-ring (bicyclic) bond motifs is 1. The molecule has 0 radical (unpaired) electrons. The summed E-state index contributed by atoms with van der Waals surface area (Å²) in [7, 11) is 0. The van der Waals surface area contributed by atoms with E-state index >= 15 is 0 Å². The third-order valence-corrected chi connectivity index (χ3v) is 3.91. The highest BCUT2D eigenvalue weighted by Gasteiger charge is 2.63. The van der Waals surface area contributed by atoms with Crippen LogP contribution in [0.5, 0.6) is 0 Å². The first-order valence-corrected chi connectivity index (χ1v) is 4.61. The van der Waals surface area contributed by atoms with Crippen molar-refractivity contribution in [1.29, 1.82) is 0 Å². The molecule has 0 saturated heterocycles. The third-order valence-electron chi connectivity index (χ3n) is 3.91. The fraction of sp³-hybridized carbons (Fsp3) is 0.900. The zero-order valence-electron chi connectivity index (χ0n) is 7.92. The molecule has 0 heterocycles. The van der Waals surface area contributed by atoms with Gasteiger partial charge in [0, 0.05) is 6.42 Å². The van der Waals surface area contributed by atoms with E-state index in [0.717, 1.165) is 0 Å². The summed E-state index contributed by atoms with van der Waals surface area (Å²) in [5.74, 6) is 1.16. The lowest BCUT2D eigenvalue weighted by Gasteiger charge is -2.25. The van der Waals surface area contributed by atoms with Crippen LogP contribution < -0.4 is 0 Å².